The molecule has 0 aliphatic carbocycles. The molecule has 0 bridgehead atoms. The van der Waals surface area contributed by atoms with Gasteiger partial charge in [0.2, 0.25) is 0 Å². The highest BCUT2D eigenvalue weighted by atomic mass is 16.4. The van der Waals surface area contributed by atoms with Gasteiger partial charge in [0, 0.05) is 17.3 Å². The summed E-state index contributed by atoms with van der Waals surface area (Å²) in [6.45, 7) is 5.53. The topological polar surface area (TPSA) is 75.4 Å². The molecule has 5 heteroatoms. The molecular weight excluding hydrogens is 244 g/mol. The first-order valence-corrected chi connectivity index (χ1v) is 6.35. The zero-order valence-corrected chi connectivity index (χ0v) is 11.3. The maximum Gasteiger partial charge on any atom is 0.338 e. The Morgan fingerprint density at radius 3 is 2.79 bits per heavy atom. The standard InChI is InChI=1S/C14H18N2O3/c1-4-11(17)8(2)16-9(3)12(14(18)19)10-6-5-7-15-13(10)16/h5-8,11,17H,4H2,1-3H3,(H,18,19). The number of carbonyl (C=O) groups is 1. The van der Waals surface area contributed by atoms with Gasteiger partial charge in [0.1, 0.15) is 5.65 Å². The SMILES string of the molecule is CCC(O)C(C)n1c(C)c(C(=O)O)c2cccnc21. The minimum atomic E-state index is -0.965. The lowest BCUT2D eigenvalue weighted by Gasteiger charge is -2.21. The van der Waals surface area contributed by atoms with E-state index in [2.05, 4.69) is 4.98 Å². The average molecular weight is 262 g/mol. The summed E-state index contributed by atoms with van der Waals surface area (Å²) >= 11 is 0. The number of fused-ring (bicyclic) bond motifs is 1. The lowest BCUT2D eigenvalue weighted by molar-refractivity contribution is 0.0696. The van der Waals surface area contributed by atoms with Gasteiger partial charge in [0.15, 0.2) is 0 Å². The van der Waals surface area contributed by atoms with Gasteiger partial charge in [0.25, 0.3) is 0 Å². The van der Waals surface area contributed by atoms with Crippen molar-refractivity contribution >= 4 is 17.0 Å². The van der Waals surface area contributed by atoms with Crippen LogP contribution in [0, 0.1) is 6.92 Å². The van der Waals surface area contributed by atoms with E-state index in [1.165, 1.54) is 0 Å². The van der Waals surface area contributed by atoms with Crippen LogP contribution < -0.4 is 0 Å². The van der Waals surface area contributed by atoms with E-state index in [-0.39, 0.29) is 11.6 Å². The molecule has 0 aromatic carbocycles. The normalized spacial score (nSPS) is 14.5. The molecule has 19 heavy (non-hydrogen) atoms. The van der Waals surface area contributed by atoms with E-state index >= 15 is 0 Å². The van der Waals surface area contributed by atoms with Gasteiger partial charge in [-0.15, -0.1) is 0 Å². The number of carboxylic acids is 1. The van der Waals surface area contributed by atoms with Crippen LogP contribution in [0.25, 0.3) is 11.0 Å². The molecule has 102 valence electrons. The molecule has 0 aliphatic rings. The summed E-state index contributed by atoms with van der Waals surface area (Å²) in [5, 5.41) is 20.0. The zero-order valence-electron chi connectivity index (χ0n) is 11.3. The maximum absolute atomic E-state index is 11.4. The average Bonchev–Trinajstić information content (AvgIpc) is 2.69. The minimum Gasteiger partial charge on any atom is -0.478 e. The van der Waals surface area contributed by atoms with Gasteiger partial charge in [-0.2, -0.15) is 0 Å². The molecule has 0 aliphatic heterocycles. The van der Waals surface area contributed by atoms with Crippen molar-refractivity contribution in [2.75, 3.05) is 0 Å². The van der Waals surface area contributed by atoms with Crippen molar-refractivity contribution in [1.29, 1.82) is 0 Å². The number of rotatable bonds is 4. The first kappa shape index (κ1) is 13.5. The molecule has 0 spiro atoms. The molecule has 0 amide bonds. The predicted octanol–water partition coefficient (Wildman–Crippen LogP) is 2.37. The summed E-state index contributed by atoms with van der Waals surface area (Å²) in [5.41, 5.74) is 1.50. The Morgan fingerprint density at radius 2 is 2.21 bits per heavy atom. The molecule has 0 radical (unpaired) electrons. The second-order valence-corrected chi connectivity index (χ2v) is 4.73. The van der Waals surface area contributed by atoms with E-state index < -0.39 is 12.1 Å². The number of hydrogen-bond donors (Lipinski definition) is 2. The van der Waals surface area contributed by atoms with Crippen LogP contribution in [0.4, 0.5) is 0 Å². The molecule has 2 aromatic heterocycles. The summed E-state index contributed by atoms with van der Waals surface area (Å²) in [5.74, 6) is -0.965. The molecule has 2 heterocycles. The van der Waals surface area contributed by atoms with Crippen LogP contribution in [0.3, 0.4) is 0 Å². The van der Waals surface area contributed by atoms with E-state index in [1.54, 1.807) is 25.3 Å². The maximum atomic E-state index is 11.4. The van der Waals surface area contributed by atoms with Crippen LogP contribution in [-0.2, 0) is 0 Å². The third-order valence-electron chi connectivity index (χ3n) is 3.60. The number of aromatic carboxylic acids is 1. The molecular formula is C14H18N2O3. The number of pyridine rings is 1. The summed E-state index contributed by atoms with van der Waals surface area (Å²) in [4.78, 5) is 15.7. The third kappa shape index (κ3) is 2.10. The highest BCUT2D eigenvalue weighted by Crippen LogP contribution is 2.29. The first-order chi connectivity index (χ1) is 8.99. The fraction of sp³-hybridized carbons (Fsp3) is 0.429. The van der Waals surface area contributed by atoms with Gasteiger partial charge < -0.3 is 14.8 Å². The summed E-state index contributed by atoms with van der Waals surface area (Å²) in [7, 11) is 0. The van der Waals surface area contributed by atoms with Crippen LogP contribution in [0.15, 0.2) is 18.3 Å². The number of aliphatic hydroxyl groups is 1. The van der Waals surface area contributed by atoms with Crippen molar-refractivity contribution < 1.29 is 15.0 Å². The lowest BCUT2D eigenvalue weighted by atomic mass is 10.1. The number of nitrogens with zero attached hydrogens (tertiary/aromatic N) is 2. The Balaban J connectivity index is 2.74. The Labute approximate surface area is 111 Å². The van der Waals surface area contributed by atoms with Crippen molar-refractivity contribution in [3.63, 3.8) is 0 Å². The molecule has 2 N–H and O–H groups in total. The smallest absolute Gasteiger partial charge is 0.338 e. The molecule has 0 fully saturated rings. The zero-order chi connectivity index (χ0) is 14.2. The fourth-order valence-corrected chi connectivity index (χ4v) is 2.54. The highest BCUT2D eigenvalue weighted by molar-refractivity contribution is 6.04. The van der Waals surface area contributed by atoms with Crippen molar-refractivity contribution in [2.24, 2.45) is 0 Å². The van der Waals surface area contributed by atoms with Gasteiger partial charge in [-0.25, -0.2) is 9.78 Å². The largest absolute Gasteiger partial charge is 0.478 e. The summed E-state index contributed by atoms with van der Waals surface area (Å²) in [6.07, 6.45) is 1.71. The van der Waals surface area contributed by atoms with Crippen molar-refractivity contribution in [2.45, 2.75) is 39.3 Å². The highest BCUT2D eigenvalue weighted by Gasteiger charge is 2.25. The quantitative estimate of drug-likeness (QED) is 0.887. The second-order valence-electron chi connectivity index (χ2n) is 4.73. The predicted molar refractivity (Wildman–Crippen MR) is 72.4 cm³/mol. The van der Waals surface area contributed by atoms with E-state index in [0.717, 1.165) is 0 Å². The van der Waals surface area contributed by atoms with Gasteiger partial charge in [-0.05, 0) is 32.4 Å². The van der Waals surface area contributed by atoms with Crippen LogP contribution in [0.1, 0.15) is 42.4 Å². The monoisotopic (exact) mass is 262 g/mol. The molecule has 2 rings (SSSR count). The second kappa shape index (κ2) is 5.01. The van der Waals surface area contributed by atoms with Crippen LogP contribution >= 0.6 is 0 Å². The van der Waals surface area contributed by atoms with Crippen molar-refractivity contribution in [3.8, 4) is 0 Å². The Morgan fingerprint density at radius 1 is 1.53 bits per heavy atom. The molecule has 2 unspecified atom stereocenters. The van der Waals surface area contributed by atoms with Crippen LogP contribution in [-0.4, -0.2) is 31.8 Å². The van der Waals surface area contributed by atoms with Crippen molar-refractivity contribution in [3.05, 3.63) is 29.6 Å². The molecule has 2 aromatic rings. The Bertz CT molecular complexity index is 618. The van der Waals surface area contributed by atoms with E-state index in [9.17, 15) is 15.0 Å². The van der Waals surface area contributed by atoms with E-state index in [4.69, 9.17) is 0 Å². The molecule has 2 atom stereocenters. The number of carboxylic acid groups (broad SMARTS) is 1. The van der Waals surface area contributed by atoms with E-state index in [0.29, 0.717) is 23.1 Å². The molecule has 0 saturated carbocycles. The van der Waals surface area contributed by atoms with Crippen molar-refractivity contribution in [1.82, 2.24) is 9.55 Å². The number of hydrogen-bond acceptors (Lipinski definition) is 3. The summed E-state index contributed by atoms with van der Waals surface area (Å²) in [6, 6.07) is 3.26. The Kier molecular flexibility index (Phi) is 3.57. The minimum absolute atomic E-state index is 0.213. The number of aliphatic hydroxyl groups excluding tert-OH is 1. The van der Waals surface area contributed by atoms with E-state index in [1.807, 2.05) is 18.4 Å². The van der Waals surface area contributed by atoms with Crippen LogP contribution in [0.2, 0.25) is 0 Å². The van der Waals surface area contributed by atoms with Gasteiger partial charge >= 0.3 is 5.97 Å². The first-order valence-electron chi connectivity index (χ1n) is 6.35. The Hall–Kier alpha value is -1.88. The van der Waals surface area contributed by atoms with Gasteiger partial charge in [-0.1, -0.05) is 6.92 Å². The number of aromatic nitrogens is 2. The van der Waals surface area contributed by atoms with Gasteiger partial charge in [0.05, 0.1) is 17.7 Å². The summed E-state index contributed by atoms with van der Waals surface area (Å²) < 4.78 is 1.81. The van der Waals surface area contributed by atoms with Gasteiger partial charge in [-0.3, -0.25) is 0 Å². The molecule has 0 saturated heterocycles. The third-order valence-corrected chi connectivity index (χ3v) is 3.60. The fourth-order valence-electron chi connectivity index (χ4n) is 2.54. The molecule has 5 nitrogen and oxygen atoms in total. The van der Waals surface area contributed by atoms with Crippen LogP contribution in [0.5, 0.6) is 0 Å². The lowest BCUT2D eigenvalue weighted by Crippen LogP contribution is -2.22.